The number of nitro groups is 1. The molecule has 21 heavy (non-hydrogen) atoms. The Balaban J connectivity index is 1.94. The van der Waals surface area contributed by atoms with Crippen LogP contribution in [0.2, 0.25) is 5.02 Å². The molecule has 1 unspecified atom stereocenters. The Hall–Kier alpha value is -1.21. The van der Waals surface area contributed by atoms with Crippen LogP contribution in [0.5, 0.6) is 0 Å². The molecule has 0 aliphatic carbocycles. The van der Waals surface area contributed by atoms with Crippen LogP contribution < -0.4 is 5.32 Å². The summed E-state index contributed by atoms with van der Waals surface area (Å²) >= 11 is 5.79. The van der Waals surface area contributed by atoms with Crippen LogP contribution in [0.1, 0.15) is 18.4 Å². The second-order valence-electron chi connectivity index (χ2n) is 5.42. The van der Waals surface area contributed by atoms with E-state index < -0.39 is 4.92 Å². The van der Waals surface area contributed by atoms with Crippen molar-refractivity contribution in [3.8, 4) is 0 Å². The fraction of sp³-hybridized carbons (Fsp3) is 0.571. The lowest BCUT2D eigenvalue weighted by atomic mass is 9.84. The first-order valence-corrected chi connectivity index (χ1v) is 7.26. The second kappa shape index (κ2) is 7.17. The van der Waals surface area contributed by atoms with E-state index in [0.717, 1.165) is 12.0 Å². The third-order valence-corrected chi connectivity index (χ3v) is 4.18. The Morgan fingerprint density at radius 2 is 2.33 bits per heavy atom. The number of nitro benzene ring substituents is 1. The van der Waals surface area contributed by atoms with E-state index in [0.29, 0.717) is 32.7 Å². The summed E-state index contributed by atoms with van der Waals surface area (Å²) in [5.41, 5.74) is 0.696. The van der Waals surface area contributed by atoms with E-state index in [2.05, 4.69) is 5.32 Å². The van der Waals surface area contributed by atoms with Crippen LogP contribution >= 0.6 is 11.6 Å². The number of ether oxygens (including phenoxy) is 1. The van der Waals surface area contributed by atoms with E-state index in [1.165, 1.54) is 6.07 Å². The molecule has 1 aliphatic rings. The van der Waals surface area contributed by atoms with Gasteiger partial charge in [0.2, 0.25) is 0 Å². The zero-order valence-corrected chi connectivity index (χ0v) is 12.4. The molecule has 116 valence electrons. The van der Waals surface area contributed by atoms with Gasteiger partial charge in [-0.2, -0.15) is 0 Å². The summed E-state index contributed by atoms with van der Waals surface area (Å²) in [5, 5.41) is 23.5. The van der Waals surface area contributed by atoms with Crippen LogP contribution in [0.3, 0.4) is 0 Å². The van der Waals surface area contributed by atoms with Gasteiger partial charge in [0, 0.05) is 37.8 Å². The minimum absolute atomic E-state index is 0.0346. The summed E-state index contributed by atoms with van der Waals surface area (Å²) in [5.74, 6) is 0. The topological polar surface area (TPSA) is 84.6 Å². The van der Waals surface area contributed by atoms with Crippen molar-refractivity contribution in [2.24, 2.45) is 5.41 Å². The van der Waals surface area contributed by atoms with Crippen molar-refractivity contribution in [2.45, 2.75) is 19.4 Å². The highest BCUT2D eigenvalue weighted by molar-refractivity contribution is 6.32. The fourth-order valence-electron chi connectivity index (χ4n) is 2.59. The van der Waals surface area contributed by atoms with Gasteiger partial charge >= 0.3 is 0 Å². The van der Waals surface area contributed by atoms with Gasteiger partial charge in [-0.1, -0.05) is 17.7 Å². The van der Waals surface area contributed by atoms with Crippen molar-refractivity contribution in [2.75, 3.05) is 26.4 Å². The van der Waals surface area contributed by atoms with Gasteiger partial charge in [-0.05, 0) is 24.5 Å². The lowest BCUT2D eigenvalue weighted by Crippen LogP contribution is -2.35. The number of nitrogens with one attached hydrogen (secondary N) is 1. The highest BCUT2D eigenvalue weighted by atomic mass is 35.5. The van der Waals surface area contributed by atoms with E-state index in [1.807, 2.05) is 0 Å². The van der Waals surface area contributed by atoms with E-state index >= 15 is 0 Å². The molecular weight excluding hydrogens is 296 g/mol. The van der Waals surface area contributed by atoms with E-state index in [1.54, 1.807) is 12.1 Å². The molecule has 1 aromatic carbocycles. The van der Waals surface area contributed by atoms with Crippen LogP contribution in [0.4, 0.5) is 5.69 Å². The van der Waals surface area contributed by atoms with Gasteiger partial charge in [-0.25, -0.2) is 0 Å². The summed E-state index contributed by atoms with van der Waals surface area (Å²) in [6.07, 6.45) is 1.61. The maximum absolute atomic E-state index is 10.8. The summed E-state index contributed by atoms with van der Waals surface area (Å²) < 4.78 is 5.42. The van der Waals surface area contributed by atoms with Crippen LogP contribution in [0, 0.1) is 15.5 Å². The van der Waals surface area contributed by atoms with Crippen LogP contribution in [-0.2, 0) is 11.3 Å². The molecule has 1 aromatic rings. The Kier molecular flexibility index (Phi) is 5.52. The number of hydrogen-bond donors (Lipinski definition) is 2. The quantitative estimate of drug-likeness (QED) is 0.595. The maximum atomic E-state index is 10.8. The zero-order valence-electron chi connectivity index (χ0n) is 11.7. The van der Waals surface area contributed by atoms with E-state index in [9.17, 15) is 10.1 Å². The number of aliphatic hydroxyl groups excluding tert-OH is 1. The summed E-state index contributed by atoms with van der Waals surface area (Å²) in [4.78, 5) is 10.4. The van der Waals surface area contributed by atoms with Crippen molar-refractivity contribution in [3.63, 3.8) is 0 Å². The molecule has 0 radical (unpaired) electrons. The summed E-state index contributed by atoms with van der Waals surface area (Å²) in [7, 11) is 0. The lowest BCUT2D eigenvalue weighted by Gasteiger charge is -2.26. The second-order valence-corrected chi connectivity index (χ2v) is 5.83. The smallest absolute Gasteiger partial charge is 0.288 e. The number of hydrogen-bond acceptors (Lipinski definition) is 5. The summed E-state index contributed by atoms with van der Waals surface area (Å²) in [6.45, 7) is 2.72. The lowest BCUT2D eigenvalue weighted by molar-refractivity contribution is -0.384. The normalized spacial score (nSPS) is 21.6. The predicted molar refractivity (Wildman–Crippen MR) is 79.4 cm³/mol. The average molecular weight is 315 g/mol. The number of rotatable bonds is 7. The largest absolute Gasteiger partial charge is 0.396 e. The van der Waals surface area contributed by atoms with Gasteiger partial charge in [0.1, 0.15) is 5.02 Å². The van der Waals surface area contributed by atoms with Gasteiger partial charge in [-0.3, -0.25) is 10.1 Å². The van der Waals surface area contributed by atoms with Gasteiger partial charge in [0.15, 0.2) is 0 Å². The first kappa shape index (κ1) is 16.2. The summed E-state index contributed by atoms with van der Waals surface area (Å²) in [6, 6.07) is 4.80. The number of aliphatic hydroxyl groups is 1. The van der Waals surface area contributed by atoms with Crippen LogP contribution in [0.15, 0.2) is 18.2 Å². The molecule has 6 nitrogen and oxygen atoms in total. The van der Waals surface area contributed by atoms with E-state index in [-0.39, 0.29) is 22.7 Å². The predicted octanol–water partition coefficient (Wildman–Crippen LogP) is 2.13. The van der Waals surface area contributed by atoms with Gasteiger partial charge in [0.05, 0.1) is 11.5 Å². The van der Waals surface area contributed by atoms with Gasteiger partial charge < -0.3 is 15.2 Å². The number of benzene rings is 1. The molecule has 0 aromatic heterocycles. The van der Waals surface area contributed by atoms with Crippen molar-refractivity contribution in [3.05, 3.63) is 38.9 Å². The fourth-order valence-corrected chi connectivity index (χ4v) is 2.78. The molecule has 0 saturated carbocycles. The van der Waals surface area contributed by atoms with E-state index in [4.69, 9.17) is 21.4 Å². The Morgan fingerprint density at radius 3 is 2.95 bits per heavy atom. The Morgan fingerprint density at radius 1 is 1.52 bits per heavy atom. The third kappa shape index (κ3) is 4.14. The monoisotopic (exact) mass is 314 g/mol. The first-order chi connectivity index (χ1) is 10.1. The Bertz CT molecular complexity index is 504. The van der Waals surface area contributed by atoms with Crippen molar-refractivity contribution < 1.29 is 14.8 Å². The minimum Gasteiger partial charge on any atom is -0.396 e. The molecular formula is C14H19ClN2O4. The molecule has 0 bridgehead atoms. The molecule has 2 N–H and O–H groups in total. The Labute approximate surface area is 128 Å². The third-order valence-electron chi connectivity index (χ3n) is 3.86. The molecule has 1 saturated heterocycles. The SMILES string of the molecule is O=[N+]([O-])c1cc(CNCC2(CCO)CCOC2)ccc1Cl. The van der Waals surface area contributed by atoms with Crippen LogP contribution in [-0.4, -0.2) is 36.4 Å². The van der Waals surface area contributed by atoms with Crippen molar-refractivity contribution in [1.29, 1.82) is 0 Å². The highest BCUT2D eigenvalue weighted by Gasteiger charge is 2.33. The molecule has 1 fully saturated rings. The van der Waals surface area contributed by atoms with Gasteiger partial charge in [0.25, 0.3) is 5.69 Å². The molecule has 2 rings (SSSR count). The average Bonchev–Trinajstić information content (AvgIpc) is 2.89. The number of nitrogens with zero attached hydrogens (tertiary/aromatic N) is 1. The molecule has 1 atom stereocenters. The molecule has 0 spiro atoms. The zero-order chi connectivity index (χ0) is 15.3. The van der Waals surface area contributed by atoms with Crippen molar-refractivity contribution in [1.82, 2.24) is 5.32 Å². The van der Waals surface area contributed by atoms with Crippen molar-refractivity contribution >= 4 is 17.3 Å². The standard InChI is InChI=1S/C14H19ClN2O4/c15-12-2-1-11(7-13(12)17(19)20)8-16-9-14(3-5-18)4-6-21-10-14/h1-2,7,16,18H,3-6,8-10H2. The minimum atomic E-state index is -0.482. The molecule has 0 amide bonds. The van der Waals surface area contributed by atoms with Gasteiger partial charge in [-0.15, -0.1) is 0 Å². The molecule has 1 aliphatic heterocycles. The maximum Gasteiger partial charge on any atom is 0.288 e. The molecule has 7 heteroatoms. The van der Waals surface area contributed by atoms with Crippen LogP contribution in [0.25, 0.3) is 0 Å². The molecule has 1 heterocycles. The number of halogens is 1. The highest BCUT2D eigenvalue weighted by Crippen LogP contribution is 2.31. The first-order valence-electron chi connectivity index (χ1n) is 6.88.